The van der Waals surface area contributed by atoms with Gasteiger partial charge in [0, 0.05) is 44.4 Å². The van der Waals surface area contributed by atoms with E-state index in [2.05, 4.69) is 46.4 Å². The van der Waals surface area contributed by atoms with E-state index in [1.165, 1.54) is 5.56 Å². The molecule has 6 heteroatoms. The van der Waals surface area contributed by atoms with Gasteiger partial charge in [-0.1, -0.05) is 42.5 Å². The van der Waals surface area contributed by atoms with Gasteiger partial charge in [0.25, 0.3) is 0 Å². The molecule has 1 aliphatic heterocycles. The van der Waals surface area contributed by atoms with E-state index in [1.54, 1.807) is 7.11 Å². The first-order chi connectivity index (χ1) is 14.2. The molecule has 0 atom stereocenters. The second-order valence-electron chi connectivity index (χ2n) is 7.30. The highest BCUT2D eigenvalue weighted by Gasteiger charge is 2.18. The standard InChI is InChI=1S/C23H27N5O/c1-27-12-14-28(15-13-27)23-25-21(19-6-4-3-5-7-19)16-22(26-23)24-17-18-8-10-20(29-2)11-9-18/h3-11,16H,12-15,17H2,1-2H3,(H,24,25,26). The predicted molar refractivity (Wildman–Crippen MR) is 117 cm³/mol. The summed E-state index contributed by atoms with van der Waals surface area (Å²) >= 11 is 0. The van der Waals surface area contributed by atoms with Crippen molar-refractivity contribution in [2.45, 2.75) is 6.54 Å². The zero-order valence-electron chi connectivity index (χ0n) is 17.0. The molecule has 0 aliphatic carbocycles. The molecule has 0 radical (unpaired) electrons. The highest BCUT2D eigenvalue weighted by atomic mass is 16.5. The molecule has 0 unspecified atom stereocenters. The molecule has 2 heterocycles. The Morgan fingerprint density at radius 3 is 2.34 bits per heavy atom. The molecule has 0 spiro atoms. The lowest BCUT2D eigenvalue weighted by molar-refractivity contribution is 0.311. The quantitative estimate of drug-likeness (QED) is 0.696. The summed E-state index contributed by atoms with van der Waals surface area (Å²) in [5.41, 5.74) is 3.20. The molecule has 2 aromatic carbocycles. The zero-order chi connectivity index (χ0) is 20.1. The molecule has 6 nitrogen and oxygen atoms in total. The summed E-state index contributed by atoms with van der Waals surface area (Å²) in [6.07, 6.45) is 0. The van der Waals surface area contributed by atoms with E-state index in [9.17, 15) is 0 Å². The maximum Gasteiger partial charge on any atom is 0.227 e. The van der Waals surface area contributed by atoms with Crippen molar-refractivity contribution in [1.82, 2.24) is 14.9 Å². The summed E-state index contributed by atoms with van der Waals surface area (Å²) < 4.78 is 5.24. The van der Waals surface area contributed by atoms with Crippen molar-refractivity contribution < 1.29 is 4.74 Å². The highest BCUT2D eigenvalue weighted by molar-refractivity contribution is 5.64. The number of anilines is 2. The topological polar surface area (TPSA) is 53.5 Å². The number of likely N-dealkylation sites (N-methyl/N-ethyl adjacent to an activating group) is 1. The van der Waals surface area contributed by atoms with Crippen LogP contribution in [0.1, 0.15) is 5.56 Å². The number of aromatic nitrogens is 2. The van der Waals surface area contributed by atoms with Crippen LogP contribution in [0.25, 0.3) is 11.3 Å². The van der Waals surface area contributed by atoms with Crippen LogP contribution in [-0.2, 0) is 6.54 Å². The van der Waals surface area contributed by atoms with E-state index in [-0.39, 0.29) is 0 Å². The van der Waals surface area contributed by atoms with Gasteiger partial charge in [-0.15, -0.1) is 0 Å². The van der Waals surface area contributed by atoms with E-state index in [0.717, 1.165) is 55.0 Å². The summed E-state index contributed by atoms with van der Waals surface area (Å²) in [6.45, 7) is 4.61. The largest absolute Gasteiger partial charge is 0.497 e. The van der Waals surface area contributed by atoms with Gasteiger partial charge in [-0.3, -0.25) is 0 Å². The minimum Gasteiger partial charge on any atom is -0.497 e. The van der Waals surface area contributed by atoms with Crippen LogP contribution in [0.15, 0.2) is 60.7 Å². The molecule has 3 aromatic rings. The Labute approximate surface area is 172 Å². The lowest BCUT2D eigenvalue weighted by atomic mass is 10.1. The van der Waals surface area contributed by atoms with Crippen molar-refractivity contribution in [2.75, 3.05) is 50.6 Å². The Morgan fingerprint density at radius 2 is 1.66 bits per heavy atom. The van der Waals surface area contributed by atoms with Crippen molar-refractivity contribution in [3.63, 3.8) is 0 Å². The summed E-state index contributed by atoms with van der Waals surface area (Å²) in [7, 11) is 3.83. The Hall–Kier alpha value is -3.12. The summed E-state index contributed by atoms with van der Waals surface area (Å²) in [4.78, 5) is 14.3. The lowest BCUT2D eigenvalue weighted by Crippen LogP contribution is -2.45. The van der Waals surface area contributed by atoms with Gasteiger partial charge in [0.2, 0.25) is 5.95 Å². The predicted octanol–water partition coefficient (Wildman–Crippen LogP) is 3.52. The van der Waals surface area contributed by atoms with Gasteiger partial charge in [0.15, 0.2) is 0 Å². The van der Waals surface area contributed by atoms with Crippen LogP contribution in [-0.4, -0.2) is 55.2 Å². The Morgan fingerprint density at radius 1 is 0.931 bits per heavy atom. The van der Waals surface area contributed by atoms with E-state index in [0.29, 0.717) is 6.54 Å². The number of nitrogens with one attached hydrogen (secondary N) is 1. The van der Waals surface area contributed by atoms with Crippen LogP contribution >= 0.6 is 0 Å². The minimum absolute atomic E-state index is 0.692. The average Bonchev–Trinajstić information content (AvgIpc) is 2.79. The summed E-state index contributed by atoms with van der Waals surface area (Å²) in [6, 6.07) is 20.4. The molecule has 150 valence electrons. The number of benzene rings is 2. The van der Waals surface area contributed by atoms with Crippen LogP contribution in [0.2, 0.25) is 0 Å². The van der Waals surface area contributed by atoms with E-state index in [1.807, 2.05) is 36.4 Å². The molecule has 1 aromatic heterocycles. The maximum absolute atomic E-state index is 5.24. The SMILES string of the molecule is COc1ccc(CNc2cc(-c3ccccc3)nc(N3CCN(C)CC3)n2)cc1. The minimum atomic E-state index is 0.692. The third-order valence-electron chi connectivity index (χ3n) is 5.20. The first-order valence-electron chi connectivity index (χ1n) is 9.96. The fraction of sp³-hybridized carbons (Fsp3) is 0.304. The van der Waals surface area contributed by atoms with Crippen molar-refractivity contribution in [1.29, 1.82) is 0 Å². The second-order valence-corrected chi connectivity index (χ2v) is 7.30. The lowest BCUT2D eigenvalue weighted by Gasteiger charge is -2.32. The van der Waals surface area contributed by atoms with Crippen LogP contribution in [0.5, 0.6) is 5.75 Å². The molecule has 1 N–H and O–H groups in total. The van der Waals surface area contributed by atoms with E-state index < -0.39 is 0 Å². The molecule has 1 fully saturated rings. The molecular formula is C23H27N5O. The number of hydrogen-bond acceptors (Lipinski definition) is 6. The third kappa shape index (κ3) is 4.84. The smallest absolute Gasteiger partial charge is 0.227 e. The van der Waals surface area contributed by atoms with Crippen LogP contribution < -0.4 is 15.0 Å². The molecule has 1 aliphatic rings. The average molecular weight is 390 g/mol. The molecule has 0 saturated carbocycles. The van der Waals surface area contributed by atoms with Gasteiger partial charge in [-0.2, -0.15) is 4.98 Å². The Balaban J connectivity index is 1.58. The Kier molecular flexibility index (Phi) is 5.91. The number of rotatable bonds is 6. The third-order valence-corrected chi connectivity index (χ3v) is 5.20. The van der Waals surface area contributed by atoms with E-state index in [4.69, 9.17) is 14.7 Å². The van der Waals surface area contributed by atoms with Crippen LogP contribution in [0, 0.1) is 0 Å². The normalized spacial score (nSPS) is 14.6. The Bertz CT molecular complexity index is 922. The van der Waals surface area contributed by atoms with Gasteiger partial charge < -0.3 is 19.9 Å². The van der Waals surface area contributed by atoms with Crippen molar-refractivity contribution in [2.24, 2.45) is 0 Å². The maximum atomic E-state index is 5.24. The number of hydrogen-bond donors (Lipinski definition) is 1. The van der Waals surface area contributed by atoms with Gasteiger partial charge in [-0.05, 0) is 24.7 Å². The molecule has 1 saturated heterocycles. The molecule has 4 rings (SSSR count). The number of methoxy groups -OCH3 is 1. The van der Waals surface area contributed by atoms with Crippen molar-refractivity contribution in [3.8, 4) is 17.0 Å². The van der Waals surface area contributed by atoms with Gasteiger partial charge in [0.05, 0.1) is 12.8 Å². The first kappa shape index (κ1) is 19.2. The van der Waals surface area contributed by atoms with Gasteiger partial charge >= 0.3 is 0 Å². The highest BCUT2D eigenvalue weighted by Crippen LogP contribution is 2.24. The molecular weight excluding hydrogens is 362 g/mol. The fourth-order valence-corrected chi connectivity index (χ4v) is 3.37. The number of nitrogens with zero attached hydrogens (tertiary/aromatic N) is 4. The first-order valence-corrected chi connectivity index (χ1v) is 9.96. The number of piperazine rings is 1. The van der Waals surface area contributed by atoms with Crippen LogP contribution in [0.4, 0.5) is 11.8 Å². The fourth-order valence-electron chi connectivity index (χ4n) is 3.37. The van der Waals surface area contributed by atoms with E-state index >= 15 is 0 Å². The van der Waals surface area contributed by atoms with Crippen molar-refractivity contribution in [3.05, 3.63) is 66.2 Å². The number of ether oxygens (including phenoxy) is 1. The monoisotopic (exact) mass is 389 g/mol. The summed E-state index contributed by atoms with van der Waals surface area (Å²) in [5, 5.41) is 3.47. The molecule has 0 bridgehead atoms. The molecule has 0 amide bonds. The van der Waals surface area contributed by atoms with Gasteiger partial charge in [0.1, 0.15) is 11.6 Å². The van der Waals surface area contributed by atoms with Crippen LogP contribution in [0.3, 0.4) is 0 Å². The van der Waals surface area contributed by atoms with Crippen molar-refractivity contribution >= 4 is 11.8 Å². The summed E-state index contributed by atoms with van der Waals surface area (Å²) in [5.74, 6) is 2.49. The molecule has 29 heavy (non-hydrogen) atoms. The second kappa shape index (κ2) is 8.92. The van der Waals surface area contributed by atoms with Gasteiger partial charge in [-0.25, -0.2) is 4.98 Å². The zero-order valence-corrected chi connectivity index (χ0v) is 17.0.